The smallest absolute Gasteiger partial charge is 0.308 e. The summed E-state index contributed by atoms with van der Waals surface area (Å²) in [6.07, 6.45) is 4.83. The molecule has 0 bridgehead atoms. The van der Waals surface area contributed by atoms with Gasteiger partial charge in [-0.1, -0.05) is 0 Å². The normalized spacial score (nSPS) is 32.6. The molecule has 2 saturated heterocycles. The fourth-order valence-electron chi connectivity index (χ4n) is 3.51. The Morgan fingerprint density at radius 2 is 2.14 bits per heavy atom. The second-order valence-electron chi connectivity index (χ2n) is 6.20. The van der Waals surface area contributed by atoms with Gasteiger partial charge in [-0.25, -0.2) is 0 Å². The molecule has 0 aromatic carbocycles. The van der Waals surface area contributed by atoms with Gasteiger partial charge in [0.25, 0.3) is 0 Å². The van der Waals surface area contributed by atoms with Crippen LogP contribution in [0.4, 0.5) is 0 Å². The maximum absolute atomic E-state index is 11.3. The number of nitrogens with zero attached hydrogens (tertiary/aromatic N) is 1. The van der Waals surface area contributed by atoms with Crippen LogP contribution in [0.2, 0.25) is 0 Å². The lowest BCUT2D eigenvalue weighted by Gasteiger charge is -2.33. The number of rotatable bonds is 4. The molecule has 21 heavy (non-hydrogen) atoms. The lowest BCUT2D eigenvalue weighted by molar-refractivity contribution is -0.165. The van der Waals surface area contributed by atoms with Crippen molar-refractivity contribution in [3.05, 3.63) is 0 Å². The number of hydrogen-bond donors (Lipinski definition) is 0. The van der Waals surface area contributed by atoms with E-state index < -0.39 is 0 Å². The number of ether oxygens (including phenoxy) is 4. The first-order valence-corrected chi connectivity index (χ1v) is 7.92. The molecule has 3 aliphatic rings. The summed E-state index contributed by atoms with van der Waals surface area (Å²) in [6, 6.07) is 0. The zero-order chi connectivity index (χ0) is 14.7. The summed E-state index contributed by atoms with van der Waals surface area (Å²) < 4.78 is 22.4. The largest absolute Gasteiger partial charge is 0.469 e. The standard InChI is InChI=1S/C15H25NO5/c1-18-14(17)8-12-9-16(6-7-19-12)10-13-11-20-15(21-13)4-2-3-5-15/h12-13H,2-11H2,1H3. The van der Waals surface area contributed by atoms with E-state index in [9.17, 15) is 4.79 Å². The summed E-state index contributed by atoms with van der Waals surface area (Å²) in [5.41, 5.74) is 0. The summed E-state index contributed by atoms with van der Waals surface area (Å²) >= 11 is 0. The third kappa shape index (κ3) is 3.74. The highest BCUT2D eigenvalue weighted by Crippen LogP contribution is 2.39. The summed E-state index contributed by atoms with van der Waals surface area (Å²) in [6.45, 7) is 3.81. The van der Waals surface area contributed by atoms with E-state index in [0.29, 0.717) is 19.6 Å². The minimum absolute atomic E-state index is 0.0750. The van der Waals surface area contributed by atoms with Gasteiger partial charge in [0.2, 0.25) is 0 Å². The number of morpholine rings is 1. The third-order valence-electron chi connectivity index (χ3n) is 4.59. The predicted octanol–water partition coefficient (Wildman–Crippen LogP) is 0.936. The zero-order valence-corrected chi connectivity index (χ0v) is 12.7. The van der Waals surface area contributed by atoms with E-state index in [2.05, 4.69) is 4.90 Å². The Bertz CT molecular complexity index is 369. The first kappa shape index (κ1) is 15.2. The van der Waals surface area contributed by atoms with Crippen molar-refractivity contribution in [1.82, 2.24) is 4.90 Å². The van der Waals surface area contributed by atoms with E-state index in [-0.39, 0.29) is 24.0 Å². The van der Waals surface area contributed by atoms with Crippen LogP contribution in [0.25, 0.3) is 0 Å². The van der Waals surface area contributed by atoms with Gasteiger partial charge in [0, 0.05) is 32.5 Å². The molecule has 2 unspecified atom stereocenters. The molecule has 0 aromatic rings. The molecular weight excluding hydrogens is 274 g/mol. The van der Waals surface area contributed by atoms with E-state index in [1.54, 1.807) is 0 Å². The molecule has 1 spiro atoms. The average Bonchev–Trinajstić information content (AvgIpc) is 3.10. The Hall–Kier alpha value is -0.690. The van der Waals surface area contributed by atoms with Crippen LogP contribution < -0.4 is 0 Å². The molecule has 120 valence electrons. The Morgan fingerprint density at radius 3 is 2.90 bits per heavy atom. The molecule has 1 saturated carbocycles. The summed E-state index contributed by atoms with van der Waals surface area (Å²) in [5, 5.41) is 0. The van der Waals surface area contributed by atoms with Crippen LogP contribution in [0.3, 0.4) is 0 Å². The van der Waals surface area contributed by atoms with Crippen molar-refractivity contribution in [2.75, 3.05) is 40.0 Å². The molecule has 0 amide bonds. The SMILES string of the molecule is COC(=O)CC1CN(CC2COC3(CCCC3)O2)CCO1. The van der Waals surface area contributed by atoms with Gasteiger partial charge in [-0.2, -0.15) is 0 Å². The summed E-state index contributed by atoms with van der Waals surface area (Å²) in [4.78, 5) is 13.6. The molecule has 3 rings (SSSR count). The van der Waals surface area contributed by atoms with Gasteiger partial charge in [-0.15, -0.1) is 0 Å². The van der Waals surface area contributed by atoms with Crippen molar-refractivity contribution in [3.8, 4) is 0 Å². The van der Waals surface area contributed by atoms with Crippen LogP contribution in [0.1, 0.15) is 32.1 Å². The molecule has 2 heterocycles. The van der Waals surface area contributed by atoms with Gasteiger partial charge < -0.3 is 18.9 Å². The van der Waals surface area contributed by atoms with E-state index in [0.717, 1.165) is 32.5 Å². The minimum Gasteiger partial charge on any atom is -0.469 e. The van der Waals surface area contributed by atoms with Gasteiger partial charge in [-0.05, 0) is 12.8 Å². The second kappa shape index (κ2) is 6.60. The molecule has 0 radical (unpaired) electrons. The van der Waals surface area contributed by atoms with Crippen LogP contribution in [0, 0.1) is 0 Å². The molecule has 6 nitrogen and oxygen atoms in total. The van der Waals surface area contributed by atoms with Gasteiger partial charge >= 0.3 is 5.97 Å². The van der Waals surface area contributed by atoms with E-state index in [4.69, 9.17) is 18.9 Å². The number of hydrogen-bond acceptors (Lipinski definition) is 6. The topological polar surface area (TPSA) is 57.2 Å². The highest BCUT2D eigenvalue weighted by molar-refractivity contribution is 5.69. The van der Waals surface area contributed by atoms with E-state index >= 15 is 0 Å². The number of esters is 1. The summed E-state index contributed by atoms with van der Waals surface area (Å²) in [5.74, 6) is -0.505. The van der Waals surface area contributed by atoms with Gasteiger partial charge in [0.1, 0.15) is 0 Å². The summed E-state index contributed by atoms with van der Waals surface area (Å²) in [7, 11) is 1.41. The number of methoxy groups -OCH3 is 1. The predicted molar refractivity (Wildman–Crippen MR) is 74.8 cm³/mol. The Balaban J connectivity index is 1.45. The molecule has 0 N–H and O–H groups in total. The Kier molecular flexibility index (Phi) is 4.78. The lowest BCUT2D eigenvalue weighted by Crippen LogP contribution is -2.46. The fourth-order valence-corrected chi connectivity index (χ4v) is 3.51. The average molecular weight is 299 g/mol. The second-order valence-corrected chi connectivity index (χ2v) is 6.20. The van der Waals surface area contributed by atoms with Crippen LogP contribution in [-0.4, -0.2) is 68.8 Å². The van der Waals surface area contributed by atoms with Gasteiger partial charge in [-0.3, -0.25) is 9.69 Å². The third-order valence-corrected chi connectivity index (χ3v) is 4.59. The lowest BCUT2D eigenvalue weighted by atomic mass is 10.2. The van der Waals surface area contributed by atoms with Crippen LogP contribution in [0.15, 0.2) is 0 Å². The molecule has 2 aliphatic heterocycles. The first-order chi connectivity index (χ1) is 10.2. The van der Waals surface area contributed by atoms with Crippen molar-refractivity contribution in [2.24, 2.45) is 0 Å². The van der Waals surface area contributed by atoms with Crippen molar-refractivity contribution in [1.29, 1.82) is 0 Å². The quantitative estimate of drug-likeness (QED) is 0.720. The fraction of sp³-hybridized carbons (Fsp3) is 0.933. The highest BCUT2D eigenvalue weighted by Gasteiger charge is 2.44. The van der Waals surface area contributed by atoms with Crippen molar-refractivity contribution in [3.63, 3.8) is 0 Å². The molecule has 2 atom stereocenters. The Morgan fingerprint density at radius 1 is 1.33 bits per heavy atom. The van der Waals surface area contributed by atoms with Crippen molar-refractivity contribution >= 4 is 5.97 Å². The maximum Gasteiger partial charge on any atom is 0.308 e. The molecular formula is C15H25NO5. The van der Waals surface area contributed by atoms with E-state index in [1.165, 1.54) is 20.0 Å². The Labute approximate surface area is 125 Å². The van der Waals surface area contributed by atoms with Crippen molar-refractivity contribution < 1.29 is 23.7 Å². The number of carbonyl (C=O) groups is 1. The van der Waals surface area contributed by atoms with Crippen LogP contribution in [-0.2, 0) is 23.7 Å². The highest BCUT2D eigenvalue weighted by atomic mass is 16.7. The van der Waals surface area contributed by atoms with Crippen LogP contribution >= 0.6 is 0 Å². The zero-order valence-electron chi connectivity index (χ0n) is 12.7. The molecule has 3 fully saturated rings. The minimum atomic E-state index is -0.289. The van der Waals surface area contributed by atoms with Gasteiger partial charge in [0.05, 0.1) is 39.0 Å². The maximum atomic E-state index is 11.3. The molecule has 6 heteroatoms. The number of carbonyl (C=O) groups excluding carboxylic acids is 1. The van der Waals surface area contributed by atoms with Crippen molar-refractivity contribution in [2.45, 2.75) is 50.1 Å². The first-order valence-electron chi connectivity index (χ1n) is 7.92. The molecule has 1 aliphatic carbocycles. The molecule has 0 aromatic heterocycles. The van der Waals surface area contributed by atoms with Gasteiger partial charge in [0.15, 0.2) is 5.79 Å². The van der Waals surface area contributed by atoms with Crippen LogP contribution in [0.5, 0.6) is 0 Å². The van der Waals surface area contributed by atoms with E-state index in [1.807, 2.05) is 0 Å². The monoisotopic (exact) mass is 299 g/mol.